The Hall–Kier alpha value is -4.35. The number of hydroxylamine groups is 2. The molecule has 0 radical (unpaired) electrons. The maximum atomic E-state index is 12.0. The van der Waals surface area contributed by atoms with Crippen LogP contribution in [0.2, 0.25) is 0 Å². The van der Waals surface area contributed by atoms with Crippen LogP contribution in [-0.2, 0) is 24.3 Å². The first-order chi connectivity index (χ1) is 20.5. The van der Waals surface area contributed by atoms with E-state index in [1.165, 1.54) is 22.0 Å². The van der Waals surface area contributed by atoms with Gasteiger partial charge in [-0.2, -0.15) is 9.35 Å². The highest BCUT2D eigenvalue weighted by atomic mass is 32.3. The third-order valence-electron chi connectivity index (χ3n) is 6.93. The minimum absolute atomic E-state index is 0.152. The van der Waals surface area contributed by atoms with Crippen molar-refractivity contribution in [1.82, 2.24) is 9.96 Å². The fourth-order valence-electron chi connectivity index (χ4n) is 5.22. The van der Waals surface area contributed by atoms with Gasteiger partial charge in [0.2, 0.25) is 22.2 Å². The molecule has 0 saturated carbocycles. The molecule has 224 valence electrons. The van der Waals surface area contributed by atoms with Gasteiger partial charge in [-0.3, -0.25) is 9.59 Å². The van der Waals surface area contributed by atoms with Crippen LogP contribution in [0, 0.1) is 0 Å². The second-order valence-electron chi connectivity index (χ2n) is 9.70. The molecule has 1 saturated heterocycles. The second-order valence-corrected chi connectivity index (χ2v) is 14.0. The van der Waals surface area contributed by atoms with E-state index in [2.05, 4.69) is 114 Å². The van der Waals surface area contributed by atoms with Crippen LogP contribution in [0.3, 0.4) is 0 Å². The lowest BCUT2D eigenvalue weighted by atomic mass is 9.96. The Morgan fingerprint density at radius 2 is 1.40 bits per heavy atom. The minimum Gasteiger partial charge on any atom is -0.724 e. The summed E-state index contributed by atoms with van der Waals surface area (Å²) >= 11 is 0. The van der Waals surface area contributed by atoms with Crippen LogP contribution in [-0.4, -0.2) is 59.4 Å². The average Bonchev–Trinajstić information content (AvgIpc) is 3.24. The number of primary amides is 2. The number of fused-ring (bicyclic) bond motifs is 2. The molecule has 5 rings (SSSR count). The van der Waals surface area contributed by atoms with E-state index >= 15 is 0 Å². The highest BCUT2D eigenvalue weighted by molar-refractivity contribution is 7.98. The first-order valence-corrected chi connectivity index (χ1v) is 16.4. The summed E-state index contributed by atoms with van der Waals surface area (Å²) in [7, 11) is -6.93. The van der Waals surface area contributed by atoms with Gasteiger partial charge < -0.3 is 20.9 Å². The zero-order valence-electron chi connectivity index (χ0n) is 23.2. The summed E-state index contributed by atoms with van der Waals surface area (Å²) in [5.74, 6) is 0.769. The van der Waals surface area contributed by atoms with Gasteiger partial charge in [0.05, 0.1) is 12.4 Å². The summed E-state index contributed by atoms with van der Waals surface area (Å²) in [6.07, 6.45) is 3.09. The smallest absolute Gasteiger partial charge is 0.346 e. The van der Waals surface area contributed by atoms with Gasteiger partial charge in [0.15, 0.2) is 0 Å². The first-order valence-electron chi connectivity index (χ1n) is 13.2. The third kappa shape index (κ3) is 7.00. The van der Waals surface area contributed by atoms with Gasteiger partial charge in [0.25, 0.3) is 0 Å². The molecule has 0 spiro atoms. The fraction of sp³-hybridized carbons (Fsp3) is 0.167. The topological polar surface area (TPSA) is 176 Å². The molecule has 13 heteroatoms. The lowest BCUT2D eigenvalue weighted by molar-refractivity contribution is -0.121. The van der Waals surface area contributed by atoms with Crippen LogP contribution < -0.4 is 27.4 Å². The van der Waals surface area contributed by atoms with Gasteiger partial charge in [-0.25, -0.2) is 13.2 Å². The molecule has 0 aliphatic carbocycles. The zero-order chi connectivity index (χ0) is 31.2. The van der Waals surface area contributed by atoms with Crippen molar-refractivity contribution in [3.05, 3.63) is 115 Å². The van der Waals surface area contributed by atoms with E-state index in [1.807, 2.05) is 0 Å². The maximum absolute atomic E-state index is 12.0. The van der Waals surface area contributed by atoms with Gasteiger partial charge in [-0.1, -0.05) is 66.7 Å². The molecule has 0 aromatic heterocycles. The van der Waals surface area contributed by atoms with E-state index in [4.69, 9.17) is 11.5 Å². The molecule has 43 heavy (non-hydrogen) atoms. The van der Waals surface area contributed by atoms with E-state index < -0.39 is 47.6 Å². The Morgan fingerprint density at radius 1 is 0.930 bits per heavy atom. The Labute approximate surface area is 250 Å². The number of carbonyl (C=O) groups excluding carboxylic acids is 3. The number of hydrogen-bond acceptors (Lipinski definition) is 7. The predicted molar refractivity (Wildman–Crippen MR) is 163 cm³/mol. The molecular weight excluding hydrogens is 591 g/mol. The van der Waals surface area contributed by atoms with Crippen molar-refractivity contribution < 1.29 is 31.6 Å². The quantitative estimate of drug-likeness (QED) is 0.158. The predicted octanol–water partition coefficient (Wildman–Crippen LogP) is 1.67. The number of allylic oxidation sites excluding steroid dienone is 1. The van der Waals surface area contributed by atoms with Crippen molar-refractivity contribution in [3.63, 3.8) is 0 Å². The maximum Gasteiger partial charge on any atom is 0.346 e. The largest absolute Gasteiger partial charge is 0.724 e. The van der Waals surface area contributed by atoms with Gasteiger partial charge >= 0.3 is 6.03 Å². The molecule has 1 fully saturated rings. The van der Waals surface area contributed by atoms with E-state index in [9.17, 15) is 27.4 Å². The summed E-state index contributed by atoms with van der Waals surface area (Å²) in [5.41, 5.74) is 10.4. The molecule has 4 amide bonds. The molecule has 2 bridgehead atoms. The molecule has 4 N–H and O–H groups in total. The van der Waals surface area contributed by atoms with E-state index in [0.29, 0.717) is 5.06 Å². The molecule has 2 aliphatic rings. The van der Waals surface area contributed by atoms with Crippen molar-refractivity contribution in [2.24, 2.45) is 11.5 Å². The van der Waals surface area contributed by atoms with Crippen LogP contribution in [0.4, 0.5) is 4.79 Å². The lowest BCUT2D eigenvalue weighted by Gasteiger charge is -2.27. The van der Waals surface area contributed by atoms with Crippen molar-refractivity contribution in [2.45, 2.75) is 25.4 Å². The molecule has 2 aliphatic heterocycles. The zero-order valence-corrected chi connectivity index (χ0v) is 24.9. The standard InChI is InChI=1S/C21H20P.C9H12N4O7S/c1-2-18-22(19-12-6-3-7-13-19,20-14-8-4-9-15-20)21-16-10-5-11-17-21;10-7(14)2-4-1-5(8(11)15)12-3-6(4)13(9(12)16)20-21(17,18)19/h2-18H,1H3;1,5-6H,2-3H2,(H2,10,14)(H2,11,15)(H,17,18,19)/q+1;/p-1/b18-2+;/t;5-,6-/m.0/s1. The number of benzene rings is 3. The Morgan fingerprint density at radius 3 is 1.77 bits per heavy atom. The summed E-state index contributed by atoms with van der Waals surface area (Å²) in [6.45, 7) is 1.96. The second kappa shape index (κ2) is 13.3. The van der Waals surface area contributed by atoms with E-state index in [0.717, 1.165) is 4.90 Å². The highest BCUT2D eigenvalue weighted by Gasteiger charge is 2.49. The minimum atomic E-state index is -5.20. The van der Waals surface area contributed by atoms with Gasteiger partial charge in [0, 0.05) is 6.42 Å². The molecular formula is C30H31N4O7PS. The number of urea groups is 1. The van der Waals surface area contributed by atoms with E-state index in [1.54, 1.807) is 0 Å². The Bertz CT molecular complexity index is 1540. The fourth-order valence-corrected chi connectivity index (χ4v) is 9.37. The van der Waals surface area contributed by atoms with Crippen LogP contribution >= 0.6 is 7.26 Å². The normalized spacial score (nSPS) is 18.2. The monoisotopic (exact) mass is 622 g/mol. The van der Waals surface area contributed by atoms with Crippen molar-refractivity contribution in [3.8, 4) is 0 Å². The molecule has 3 aromatic carbocycles. The van der Waals surface area contributed by atoms with Crippen molar-refractivity contribution in [2.75, 3.05) is 6.54 Å². The van der Waals surface area contributed by atoms with Crippen LogP contribution in [0.5, 0.6) is 0 Å². The van der Waals surface area contributed by atoms with E-state index in [-0.39, 0.29) is 18.5 Å². The number of carbonyl (C=O) groups is 3. The van der Waals surface area contributed by atoms with Crippen molar-refractivity contribution in [1.29, 1.82) is 0 Å². The Balaban J connectivity index is 0.000000197. The SMILES string of the molecule is C/C=C/[P+](c1ccccc1)(c1ccccc1)c1ccccc1.NC(=O)CC1=C[C@@H](C(N)=O)N2C[C@@H]1N(OS(=O)(=O)[O-])C2=O. The van der Waals surface area contributed by atoms with Crippen LogP contribution in [0.1, 0.15) is 13.3 Å². The number of nitrogens with zero attached hydrogens (tertiary/aromatic N) is 2. The number of rotatable bonds is 9. The third-order valence-corrected chi connectivity index (χ3v) is 11.4. The number of hydrogen-bond donors (Lipinski definition) is 2. The van der Waals surface area contributed by atoms with Gasteiger partial charge in [0.1, 0.15) is 35.3 Å². The molecule has 11 nitrogen and oxygen atoms in total. The summed E-state index contributed by atoms with van der Waals surface area (Å²) < 4.78 is 36.1. The Kier molecular flexibility index (Phi) is 9.77. The summed E-state index contributed by atoms with van der Waals surface area (Å²) in [6, 6.07) is 29.4. The van der Waals surface area contributed by atoms with Crippen LogP contribution in [0.25, 0.3) is 0 Å². The van der Waals surface area contributed by atoms with Gasteiger partial charge in [-0.15, -0.1) is 0 Å². The average molecular weight is 623 g/mol. The molecule has 2 heterocycles. The van der Waals surface area contributed by atoms with Crippen LogP contribution in [0.15, 0.2) is 115 Å². The molecule has 0 unspecified atom stereocenters. The number of nitrogens with two attached hydrogens (primary N) is 2. The highest BCUT2D eigenvalue weighted by Crippen LogP contribution is 2.56. The lowest BCUT2D eigenvalue weighted by Crippen LogP contribution is -2.47. The van der Waals surface area contributed by atoms with Crippen molar-refractivity contribution >= 4 is 51.4 Å². The molecule has 2 atom stereocenters. The first kappa shape index (κ1) is 31.6. The number of amides is 4. The summed E-state index contributed by atoms with van der Waals surface area (Å²) in [5, 5.41) is 4.49. The van der Waals surface area contributed by atoms with Gasteiger partial charge in [-0.05, 0) is 48.9 Å². The summed E-state index contributed by atoms with van der Waals surface area (Å²) in [4.78, 5) is 35.3. The molecule has 3 aromatic rings.